The Morgan fingerprint density at radius 2 is 2.10 bits per heavy atom. The van der Waals surface area contributed by atoms with Crippen LogP contribution in [0.1, 0.15) is 17.3 Å². The summed E-state index contributed by atoms with van der Waals surface area (Å²) < 4.78 is 5.51. The SMILES string of the molecule is Cc1nc2ccc(CNCc3nccc(N)n3)cc2o1. The minimum atomic E-state index is 0.482. The number of hydrogen-bond donors (Lipinski definition) is 2. The molecule has 0 amide bonds. The second kappa shape index (κ2) is 5.26. The molecule has 3 rings (SSSR count). The molecule has 3 N–H and O–H groups in total. The molecule has 0 fully saturated rings. The van der Waals surface area contributed by atoms with Gasteiger partial charge < -0.3 is 15.5 Å². The van der Waals surface area contributed by atoms with Crippen LogP contribution >= 0.6 is 0 Å². The highest BCUT2D eigenvalue weighted by molar-refractivity contribution is 5.73. The van der Waals surface area contributed by atoms with Crippen molar-refractivity contribution < 1.29 is 4.42 Å². The molecule has 0 aliphatic heterocycles. The zero-order valence-electron chi connectivity index (χ0n) is 11.1. The lowest BCUT2D eigenvalue weighted by atomic mass is 10.2. The summed E-state index contributed by atoms with van der Waals surface area (Å²) in [4.78, 5) is 12.5. The van der Waals surface area contributed by atoms with E-state index in [0.717, 1.165) is 16.7 Å². The summed E-state index contributed by atoms with van der Waals surface area (Å²) >= 11 is 0. The predicted molar refractivity (Wildman–Crippen MR) is 75.7 cm³/mol. The van der Waals surface area contributed by atoms with Crippen LogP contribution in [0.15, 0.2) is 34.9 Å². The number of hydrogen-bond acceptors (Lipinski definition) is 6. The first-order valence-corrected chi connectivity index (χ1v) is 6.35. The van der Waals surface area contributed by atoms with Crippen LogP contribution in [0.5, 0.6) is 0 Å². The number of nitrogens with one attached hydrogen (secondary N) is 1. The topological polar surface area (TPSA) is 89.9 Å². The lowest BCUT2D eigenvalue weighted by molar-refractivity contribution is 0.560. The molecule has 0 aliphatic carbocycles. The van der Waals surface area contributed by atoms with Crippen molar-refractivity contribution >= 4 is 16.9 Å². The van der Waals surface area contributed by atoms with Crippen molar-refractivity contribution in [3.63, 3.8) is 0 Å². The van der Waals surface area contributed by atoms with Gasteiger partial charge >= 0.3 is 0 Å². The lowest BCUT2D eigenvalue weighted by Crippen LogP contribution is -2.15. The largest absolute Gasteiger partial charge is 0.441 e. The Kier molecular flexibility index (Phi) is 3.30. The van der Waals surface area contributed by atoms with E-state index in [9.17, 15) is 0 Å². The van der Waals surface area contributed by atoms with E-state index in [1.165, 1.54) is 0 Å². The summed E-state index contributed by atoms with van der Waals surface area (Å²) in [5.41, 5.74) is 8.42. The summed E-state index contributed by atoms with van der Waals surface area (Å²) in [6.07, 6.45) is 1.66. The number of aromatic nitrogens is 3. The van der Waals surface area contributed by atoms with E-state index < -0.39 is 0 Å². The minimum Gasteiger partial charge on any atom is -0.441 e. The Balaban J connectivity index is 1.64. The van der Waals surface area contributed by atoms with Crippen molar-refractivity contribution in [2.75, 3.05) is 5.73 Å². The average Bonchev–Trinajstić information content (AvgIpc) is 2.78. The van der Waals surface area contributed by atoms with Crippen LogP contribution in [-0.4, -0.2) is 15.0 Å². The van der Waals surface area contributed by atoms with Gasteiger partial charge in [0.15, 0.2) is 11.5 Å². The molecule has 20 heavy (non-hydrogen) atoms. The van der Waals surface area contributed by atoms with Gasteiger partial charge in [-0.1, -0.05) is 6.07 Å². The van der Waals surface area contributed by atoms with Crippen LogP contribution in [0, 0.1) is 6.92 Å². The summed E-state index contributed by atoms with van der Waals surface area (Å²) in [6, 6.07) is 7.64. The number of benzene rings is 1. The van der Waals surface area contributed by atoms with E-state index in [1.807, 2.05) is 25.1 Å². The molecule has 2 heterocycles. The van der Waals surface area contributed by atoms with Crippen LogP contribution in [0.4, 0.5) is 5.82 Å². The molecule has 102 valence electrons. The van der Waals surface area contributed by atoms with Crippen molar-refractivity contribution in [3.05, 3.63) is 47.7 Å². The van der Waals surface area contributed by atoms with Crippen molar-refractivity contribution in [1.29, 1.82) is 0 Å². The molecule has 0 atom stereocenters. The Bertz CT molecular complexity index is 737. The standard InChI is InChI=1S/C14H15N5O/c1-9-18-11-3-2-10(6-12(11)20-9)7-16-8-14-17-5-4-13(15)19-14/h2-6,16H,7-8H2,1H3,(H2,15,17,19). The molecule has 0 aliphatic rings. The molecule has 1 aromatic carbocycles. The summed E-state index contributed by atoms with van der Waals surface area (Å²) in [5, 5.41) is 3.27. The van der Waals surface area contributed by atoms with Crippen LogP contribution in [0.2, 0.25) is 0 Å². The third-order valence-corrected chi connectivity index (χ3v) is 2.90. The van der Waals surface area contributed by atoms with Crippen molar-refractivity contribution in [1.82, 2.24) is 20.3 Å². The monoisotopic (exact) mass is 269 g/mol. The van der Waals surface area contributed by atoms with Gasteiger partial charge in [-0.05, 0) is 23.8 Å². The molecule has 2 aromatic heterocycles. The Hall–Kier alpha value is -2.47. The normalized spacial score (nSPS) is 11.1. The molecule has 0 unspecified atom stereocenters. The van der Waals surface area contributed by atoms with E-state index in [1.54, 1.807) is 12.3 Å². The lowest BCUT2D eigenvalue weighted by Gasteiger charge is -2.04. The van der Waals surface area contributed by atoms with Crippen molar-refractivity contribution in [3.8, 4) is 0 Å². The van der Waals surface area contributed by atoms with Crippen molar-refractivity contribution in [2.24, 2.45) is 0 Å². The highest BCUT2D eigenvalue weighted by atomic mass is 16.3. The molecule has 6 nitrogen and oxygen atoms in total. The van der Waals surface area contributed by atoms with Crippen LogP contribution in [0.3, 0.4) is 0 Å². The van der Waals surface area contributed by atoms with Gasteiger partial charge in [-0.3, -0.25) is 0 Å². The number of anilines is 1. The number of nitrogens with zero attached hydrogens (tertiary/aromatic N) is 3. The predicted octanol–water partition coefficient (Wildman–Crippen LogP) is 1.80. The smallest absolute Gasteiger partial charge is 0.192 e. The summed E-state index contributed by atoms with van der Waals surface area (Å²) in [6.45, 7) is 3.11. The first-order valence-electron chi connectivity index (χ1n) is 6.35. The number of oxazole rings is 1. The third-order valence-electron chi connectivity index (χ3n) is 2.90. The maximum atomic E-state index is 5.61. The fourth-order valence-electron chi connectivity index (χ4n) is 2.01. The van der Waals surface area contributed by atoms with Gasteiger partial charge in [0.05, 0.1) is 6.54 Å². The molecule has 6 heteroatoms. The van der Waals surface area contributed by atoms with Gasteiger partial charge in [0, 0.05) is 19.7 Å². The summed E-state index contributed by atoms with van der Waals surface area (Å²) in [7, 11) is 0. The first kappa shape index (κ1) is 12.6. The van der Waals surface area contributed by atoms with Gasteiger partial charge in [-0.25, -0.2) is 15.0 Å². The highest BCUT2D eigenvalue weighted by Gasteiger charge is 2.03. The Labute approximate surface area is 116 Å². The maximum Gasteiger partial charge on any atom is 0.192 e. The van der Waals surface area contributed by atoms with Crippen molar-refractivity contribution in [2.45, 2.75) is 20.0 Å². The second-order valence-corrected chi connectivity index (χ2v) is 4.54. The van der Waals surface area contributed by atoms with Gasteiger partial charge in [0.1, 0.15) is 17.2 Å². The van der Waals surface area contributed by atoms with E-state index in [2.05, 4.69) is 20.3 Å². The van der Waals surface area contributed by atoms with E-state index in [-0.39, 0.29) is 0 Å². The molecule has 0 spiro atoms. The molecule has 0 saturated carbocycles. The maximum absolute atomic E-state index is 5.61. The minimum absolute atomic E-state index is 0.482. The fourth-order valence-corrected chi connectivity index (χ4v) is 2.01. The van der Waals surface area contributed by atoms with Crippen LogP contribution < -0.4 is 11.1 Å². The number of fused-ring (bicyclic) bond motifs is 1. The van der Waals surface area contributed by atoms with Gasteiger partial charge in [-0.15, -0.1) is 0 Å². The van der Waals surface area contributed by atoms with Crippen LogP contribution in [-0.2, 0) is 13.1 Å². The fraction of sp³-hybridized carbons (Fsp3) is 0.214. The van der Waals surface area contributed by atoms with Gasteiger partial charge in [-0.2, -0.15) is 0 Å². The zero-order valence-corrected chi connectivity index (χ0v) is 11.1. The molecular weight excluding hydrogens is 254 g/mol. The van der Waals surface area contributed by atoms with E-state index in [4.69, 9.17) is 10.2 Å². The Morgan fingerprint density at radius 1 is 1.20 bits per heavy atom. The molecule has 0 saturated heterocycles. The molecule has 0 radical (unpaired) electrons. The van der Waals surface area contributed by atoms with Gasteiger partial charge in [0.2, 0.25) is 0 Å². The average molecular weight is 269 g/mol. The number of aryl methyl sites for hydroxylation is 1. The third kappa shape index (κ3) is 2.75. The zero-order chi connectivity index (χ0) is 13.9. The number of rotatable bonds is 4. The van der Waals surface area contributed by atoms with Crippen LogP contribution in [0.25, 0.3) is 11.1 Å². The van der Waals surface area contributed by atoms with Gasteiger partial charge in [0.25, 0.3) is 0 Å². The van der Waals surface area contributed by atoms with E-state index >= 15 is 0 Å². The quantitative estimate of drug-likeness (QED) is 0.750. The number of nitrogen functional groups attached to an aromatic ring is 1. The van der Waals surface area contributed by atoms with E-state index in [0.29, 0.717) is 30.6 Å². The Morgan fingerprint density at radius 3 is 2.95 bits per heavy atom. The second-order valence-electron chi connectivity index (χ2n) is 4.54. The molecule has 3 aromatic rings. The molecular formula is C14H15N5O. The highest BCUT2D eigenvalue weighted by Crippen LogP contribution is 2.16. The summed E-state index contributed by atoms with van der Waals surface area (Å²) in [5.74, 6) is 1.84. The number of nitrogens with two attached hydrogens (primary N) is 1. The first-order chi connectivity index (χ1) is 9.70. The molecule has 0 bridgehead atoms.